The number of hydrogen-bond acceptors (Lipinski definition) is 4. The summed E-state index contributed by atoms with van der Waals surface area (Å²) in [5.41, 5.74) is 1.33. The molecule has 2 rings (SSSR count). The minimum atomic E-state index is -0.230. The normalized spacial score (nSPS) is 11.9. The van der Waals surface area contributed by atoms with Crippen molar-refractivity contribution in [2.75, 3.05) is 19.5 Å². The first-order valence-electron chi connectivity index (χ1n) is 7.59. The van der Waals surface area contributed by atoms with Crippen molar-refractivity contribution in [3.63, 3.8) is 0 Å². The zero-order valence-corrected chi connectivity index (χ0v) is 14.2. The van der Waals surface area contributed by atoms with E-state index in [0.717, 1.165) is 12.0 Å². The number of hydrogen-bond donors (Lipinski definition) is 1. The van der Waals surface area contributed by atoms with Gasteiger partial charge in [0.2, 0.25) is 0 Å². The van der Waals surface area contributed by atoms with E-state index in [1.807, 2.05) is 6.92 Å². The van der Waals surface area contributed by atoms with Gasteiger partial charge in [-0.05, 0) is 32.4 Å². The number of anilines is 1. The van der Waals surface area contributed by atoms with Crippen LogP contribution in [0.25, 0.3) is 0 Å². The fraction of sp³-hybridized carbons (Fsp3) is 0.412. The molecule has 1 N–H and O–H groups in total. The first-order valence-corrected chi connectivity index (χ1v) is 7.59. The van der Waals surface area contributed by atoms with E-state index in [2.05, 4.69) is 24.3 Å². The van der Waals surface area contributed by atoms with Crippen LogP contribution in [0.1, 0.15) is 42.2 Å². The lowest BCUT2D eigenvalue weighted by Crippen LogP contribution is -2.17. The molecule has 23 heavy (non-hydrogen) atoms. The van der Waals surface area contributed by atoms with Crippen LogP contribution < -0.4 is 14.8 Å². The van der Waals surface area contributed by atoms with Gasteiger partial charge in [-0.3, -0.25) is 4.79 Å². The molecule has 1 heterocycles. The summed E-state index contributed by atoms with van der Waals surface area (Å²) in [5, 5.41) is 7.16. The average molecular weight is 317 g/mol. The second-order valence-corrected chi connectivity index (χ2v) is 5.38. The van der Waals surface area contributed by atoms with Crippen LogP contribution in [0.15, 0.2) is 24.4 Å². The molecule has 0 aliphatic rings. The van der Waals surface area contributed by atoms with Crippen molar-refractivity contribution in [3.05, 3.63) is 35.5 Å². The Kier molecular flexibility index (Phi) is 5.26. The molecule has 0 aliphatic heterocycles. The van der Waals surface area contributed by atoms with E-state index >= 15 is 0 Å². The highest BCUT2D eigenvalue weighted by Crippen LogP contribution is 2.30. The standard InChI is InChI=1S/C17H23N3O3/c1-6-11(2)20-16(7-8-18-20)19-17(21)13-9-14(22-4)12(3)15(10-13)23-5/h7-11H,6H2,1-5H3,(H,19,21). The van der Waals surface area contributed by atoms with Gasteiger partial charge >= 0.3 is 0 Å². The second-order valence-electron chi connectivity index (χ2n) is 5.38. The van der Waals surface area contributed by atoms with E-state index in [0.29, 0.717) is 22.9 Å². The molecule has 6 heteroatoms. The number of carbonyl (C=O) groups is 1. The van der Waals surface area contributed by atoms with E-state index in [4.69, 9.17) is 9.47 Å². The summed E-state index contributed by atoms with van der Waals surface area (Å²) in [7, 11) is 3.14. The highest BCUT2D eigenvalue weighted by molar-refractivity contribution is 6.04. The molecule has 0 bridgehead atoms. The van der Waals surface area contributed by atoms with Crippen molar-refractivity contribution in [3.8, 4) is 11.5 Å². The number of aromatic nitrogens is 2. The number of ether oxygens (including phenoxy) is 2. The Hall–Kier alpha value is -2.50. The fourth-order valence-corrected chi connectivity index (χ4v) is 2.34. The number of methoxy groups -OCH3 is 2. The van der Waals surface area contributed by atoms with Gasteiger partial charge < -0.3 is 14.8 Å². The minimum Gasteiger partial charge on any atom is -0.496 e. The van der Waals surface area contributed by atoms with E-state index in [1.165, 1.54) is 0 Å². The summed E-state index contributed by atoms with van der Waals surface area (Å²) in [6, 6.07) is 5.41. The molecular formula is C17H23N3O3. The van der Waals surface area contributed by atoms with Gasteiger partial charge in [0.15, 0.2) is 0 Å². The van der Waals surface area contributed by atoms with E-state index in [1.54, 1.807) is 43.3 Å². The number of rotatable bonds is 6. The largest absolute Gasteiger partial charge is 0.496 e. The fourth-order valence-electron chi connectivity index (χ4n) is 2.34. The Bertz CT molecular complexity index is 669. The van der Waals surface area contributed by atoms with E-state index in [-0.39, 0.29) is 11.9 Å². The van der Waals surface area contributed by atoms with Crippen LogP contribution in [-0.4, -0.2) is 29.9 Å². The molecule has 1 aromatic carbocycles. The maximum atomic E-state index is 12.6. The van der Waals surface area contributed by atoms with Gasteiger partial charge in [-0.1, -0.05) is 6.92 Å². The Morgan fingerprint density at radius 2 is 1.91 bits per heavy atom. The van der Waals surface area contributed by atoms with Crippen molar-refractivity contribution in [2.45, 2.75) is 33.2 Å². The number of amides is 1. The third-order valence-corrected chi connectivity index (χ3v) is 3.93. The number of carbonyl (C=O) groups excluding carboxylic acids is 1. The van der Waals surface area contributed by atoms with Gasteiger partial charge in [-0.25, -0.2) is 4.68 Å². The number of benzene rings is 1. The van der Waals surface area contributed by atoms with Crippen LogP contribution in [0.3, 0.4) is 0 Å². The van der Waals surface area contributed by atoms with Crippen molar-refractivity contribution in [1.29, 1.82) is 0 Å². The Labute approximate surface area is 136 Å². The quantitative estimate of drug-likeness (QED) is 0.886. The van der Waals surface area contributed by atoms with Gasteiger partial charge in [0.05, 0.1) is 26.5 Å². The maximum Gasteiger partial charge on any atom is 0.257 e. The second kappa shape index (κ2) is 7.17. The predicted octanol–water partition coefficient (Wildman–Crippen LogP) is 3.43. The zero-order valence-electron chi connectivity index (χ0n) is 14.2. The van der Waals surface area contributed by atoms with Crippen LogP contribution >= 0.6 is 0 Å². The van der Waals surface area contributed by atoms with Crippen LogP contribution in [0.4, 0.5) is 5.82 Å². The summed E-state index contributed by atoms with van der Waals surface area (Å²) >= 11 is 0. The van der Waals surface area contributed by atoms with Crippen LogP contribution in [0.5, 0.6) is 11.5 Å². The highest BCUT2D eigenvalue weighted by Gasteiger charge is 2.16. The molecule has 0 spiro atoms. The van der Waals surface area contributed by atoms with Gasteiger partial charge in [0.1, 0.15) is 17.3 Å². The highest BCUT2D eigenvalue weighted by atomic mass is 16.5. The Morgan fingerprint density at radius 1 is 1.30 bits per heavy atom. The van der Waals surface area contributed by atoms with Crippen molar-refractivity contribution >= 4 is 11.7 Å². The molecule has 1 atom stereocenters. The van der Waals surface area contributed by atoms with E-state index in [9.17, 15) is 4.79 Å². The molecule has 0 radical (unpaired) electrons. The molecule has 1 aromatic heterocycles. The van der Waals surface area contributed by atoms with Gasteiger partial charge in [-0.2, -0.15) is 5.10 Å². The molecule has 0 aliphatic carbocycles. The molecule has 1 unspecified atom stereocenters. The predicted molar refractivity (Wildman–Crippen MR) is 89.5 cm³/mol. The average Bonchev–Trinajstić information content (AvgIpc) is 3.02. The summed E-state index contributed by atoms with van der Waals surface area (Å²) in [4.78, 5) is 12.6. The van der Waals surface area contributed by atoms with Gasteiger partial charge in [0.25, 0.3) is 5.91 Å². The van der Waals surface area contributed by atoms with Crippen LogP contribution in [0, 0.1) is 6.92 Å². The topological polar surface area (TPSA) is 65.4 Å². The lowest BCUT2D eigenvalue weighted by atomic mass is 10.1. The molecule has 0 saturated heterocycles. The smallest absolute Gasteiger partial charge is 0.257 e. The first-order chi connectivity index (χ1) is 11.0. The van der Waals surface area contributed by atoms with Gasteiger partial charge in [0, 0.05) is 17.2 Å². The van der Waals surface area contributed by atoms with E-state index < -0.39 is 0 Å². The first kappa shape index (κ1) is 16.9. The molecule has 124 valence electrons. The van der Waals surface area contributed by atoms with Crippen LogP contribution in [0.2, 0.25) is 0 Å². The summed E-state index contributed by atoms with van der Waals surface area (Å²) < 4.78 is 12.4. The summed E-state index contributed by atoms with van der Waals surface area (Å²) in [5.74, 6) is 1.67. The third-order valence-electron chi connectivity index (χ3n) is 3.93. The SMILES string of the molecule is CCC(C)n1nccc1NC(=O)c1cc(OC)c(C)c(OC)c1. The Morgan fingerprint density at radius 3 is 2.43 bits per heavy atom. The third kappa shape index (κ3) is 3.47. The lowest BCUT2D eigenvalue weighted by molar-refractivity contribution is 0.102. The summed E-state index contributed by atoms with van der Waals surface area (Å²) in [6.07, 6.45) is 2.61. The molecule has 6 nitrogen and oxygen atoms in total. The lowest BCUT2D eigenvalue weighted by Gasteiger charge is -2.15. The van der Waals surface area contributed by atoms with Crippen molar-refractivity contribution < 1.29 is 14.3 Å². The minimum absolute atomic E-state index is 0.211. The molecule has 1 amide bonds. The van der Waals surface area contributed by atoms with Crippen LogP contribution in [-0.2, 0) is 0 Å². The maximum absolute atomic E-state index is 12.6. The Balaban J connectivity index is 2.30. The molecule has 0 fully saturated rings. The molecular weight excluding hydrogens is 294 g/mol. The van der Waals surface area contributed by atoms with Crippen molar-refractivity contribution in [2.24, 2.45) is 0 Å². The monoisotopic (exact) mass is 317 g/mol. The summed E-state index contributed by atoms with van der Waals surface area (Å²) in [6.45, 7) is 6.02. The molecule has 2 aromatic rings. The van der Waals surface area contributed by atoms with Gasteiger partial charge in [-0.15, -0.1) is 0 Å². The number of nitrogens with one attached hydrogen (secondary N) is 1. The zero-order chi connectivity index (χ0) is 17.0. The van der Waals surface area contributed by atoms with Crippen molar-refractivity contribution in [1.82, 2.24) is 9.78 Å². The molecule has 0 saturated carbocycles. The number of nitrogens with zero attached hydrogens (tertiary/aromatic N) is 2.